The maximum atomic E-state index is 3.39. The van der Waals surface area contributed by atoms with Crippen LogP contribution in [0.4, 0.5) is 0 Å². The van der Waals surface area contributed by atoms with E-state index in [0.717, 1.165) is 18.1 Å². The molecule has 2 atom stereocenters. The molecule has 3 heterocycles. The van der Waals surface area contributed by atoms with E-state index in [1.54, 1.807) is 0 Å². The maximum absolute atomic E-state index is 3.39. The number of fused-ring (bicyclic) bond motifs is 2. The SMILES string of the molecule is C1C[C@@H]2CC[C@@H](C1)N2C1CNC1. The van der Waals surface area contributed by atoms with Crippen LogP contribution in [-0.2, 0) is 0 Å². The molecule has 0 unspecified atom stereocenters. The van der Waals surface area contributed by atoms with E-state index in [1.807, 2.05) is 0 Å². The van der Waals surface area contributed by atoms with Gasteiger partial charge in [0.1, 0.15) is 0 Å². The van der Waals surface area contributed by atoms with Gasteiger partial charge in [-0.15, -0.1) is 0 Å². The van der Waals surface area contributed by atoms with Gasteiger partial charge in [0, 0.05) is 31.2 Å². The standard InChI is InChI=1S/C10H18N2/c1-2-8-4-5-9(3-1)12(8)10-6-11-7-10/h8-11H,1-7H2/t8-,9-/m1/s1. The Morgan fingerprint density at radius 3 is 2.00 bits per heavy atom. The third kappa shape index (κ3) is 0.944. The summed E-state index contributed by atoms with van der Waals surface area (Å²) in [5.41, 5.74) is 0. The molecule has 2 nitrogen and oxygen atoms in total. The van der Waals surface area contributed by atoms with E-state index in [9.17, 15) is 0 Å². The van der Waals surface area contributed by atoms with Gasteiger partial charge in [-0.25, -0.2) is 0 Å². The third-order valence-electron chi connectivity index (χ3n) is 3.93. The molecule has 0 aromatic heterocycles. The van der Waals surface area contributed by atoms with E-state index >= 15 is 0 Å². The van der Waals surface area contributed by atoms with Crippen molar-refractivity contribution in [3.63, 3.8) is 0 Å². The highest BCUT2D eigenvalue weighted by atomic mass is 15.3. The molecular weight excluding hydrogens is 148 g/mol. The Morgan fingerprint density at radius 1 is 0.833 bits per heavy atom. The molecule has 3 fully saturated rings. The molecule has 3 saturated heterocycles. The van der Waals surface area contributed by atoms with Crippen LogP contribution in [-0.4, -0.2) is 36.1 Å². The summed E-state index contributed by atoms with van der Waals surface area (Å²) in [6.45, 7) is 2.51. The fraction of sp³-hybridized carbons (Fsp3) is 1.00. The van der Waals surface area contributed by atoms with Crippen LogP contribution < -0.4 is 5.32 Å². The number of nitrogens with zero attached hydrogens (tertiary/aromatic N) is 1. The summed E-state index contributed by atoms with van der Waals surface area (Å²) in [4.78, 5) is 2.83. The topological polar surface area (TPSA) is 15.3 Å². The van der Waals surface area contributed by atoms with Gasteiger partial charge < -0.3 is 5.32 Å². The molecule has 2 heteroatoms. The van der Waals surface area contributed by atoms with Crippen molar-refractivity contribution >= 4 is 0 Å². The zero-order valence-corrected chi connectivity index (χ0v) is 7.63. The molecule has 3 aliphatic heterocycles. The van der Waals surface area contributed by atoms with E-state index in [2.05, 4.69) is 10.2 Å². The van der Waals surface area contributed by atoms with Crippen LogP contribution in [0.25, 0.3) is 0 Å². The summed E-state index contributed by atoms with van der Waals surface area (Å²) < 4.78 is 0. The molecule has 0 aromatic carbocycles. The van der Waals surface area contributed by atoms with E-state index in [1.165, 1.54) is 45.2 Å². The van der Waals surface area contributed by atoms with Crippen LogP contribution in [0.5, 0.6) is 0 Å². The van der Waals surface area contributed by atoms with Crippen molar-refractivity contribution in [2.45, 2.75) is 50.2 Å². The Kier molecular flexibility index (Phi) is 1.66. The van der Waals surface area contributed by atoms with Gasteiger partial charge in [0.05, 0.1) is 0 Å². The first kappa shape index (κ1) is 7.34. The minimum Gasteiger partial charge on any atom is -0.314 e. The summed E-state index contributed by atoms with van der Waals surface area (Å²) in [5.74, 6) is 0. The molecule has 3 rings (SSSR count). The predicted molar refractivity (Wildman–Crippen MR) is 49.2 cm³/mol. The Bertz CT molecular complexity index is 161. The fourth-order valence-corrected chi connectivity index (χ4v) is 3.24. The fourth-order valence-electron chi connectivity index (χ4n) is 3.24. The monoisotopic (exact) mass is 166 g/mol. The van der Waals surface area contributed by atoms with Crippen LogP contribution in [0, 0.1) is 0 Å². The first-order valence-electron chi connectivity index (χ1n) is 5.43. The molecular formula is C10H18N2. The van der Waals surface area contributed by atoms with Gasteiger partial charge in [-0.1, -0.05) is 6.42 Å². The molecule has 0 amide bonds. The van der Waals surface area contributed by atoms with Gasteiger partial charge in [-0.05, 0) is 25.7 Å². The Hall–Kier alpha value is -0.0800. The normalized spacial score (nSPS) is 43.0. The van der Waals surface area contributed by atoms with Crippen LogP contribution in [0.15, 0.2) is 0 Å². The Balaban J connectivity index is 1.75. The largest absolute Gasteiger partial charge is 0.314 e. The van der Waals surface area contributed by atoms with Crippen molar-refractivity contribution in [2.24, 2.45) is 0 Å². The second-order valence-electron chi connectivity index (χ2n) is 4.58. The van der Waals surface area contributed by atoms with Gasteiger partial charge in [0.15, 0.2) is 0 Å². The molecule has 0 radical (unpaired) electrons. The number of rotatable bonds is 1. The van der Waals surface area contributed by atoms with Crippen molar-refractivity contribution in [3.05, 3.63) is 0 Å². The lowest BCUT2D eigenvalue weighted by Crippen LogP contribution is -2.61. The second-order valence-corrected chi connectivity index (χ2v) is 4.58. The Morgan fingerprint density at radius 2 is 1.50 bits per heavy atom. The van der Waals surface area contributed by atoms with Gasteiger partial charge in [0.25, 0.3) is 0 Å². The summed E-state index contributed by atoms with van der Waals surface area (Å²) >= 11 is 0. The number of piperidine rings is 1. The highest BCUT2D eigenvalue weighted by molar-refractivity contribution is 4.99. The molecule has 2 bridgehead atoms. The lowest BCUT2D eigenvalue weighted by Gasteiger charge is -2.45. The molecule has 3 aliphatic rings. The minimum atomic E-state index is 0.905. The number of nitrogens with one attached hydrogen (secondary N) is 1. The van der Waals surface area contributed by atoms with Gasteiger partial charge in [0.2, 0.25) is 0 Å². The molecule has 0 spiro atoms. The van der Waals surface area contributed by atoms with Gasteiger partial charge in [-0.3, -0.25) is 4.90 Å². The highest BCUT2D eigenvalue weighted by Crippen LogP contribution is 2.37. The van der Waals surface area contributed by atoms with Crippen molar-refractivity contribution in [2.75, 3.05) is 13.1 Å². The van der Waals surface area contributed by atoms with Crippen LogP contribution in [0.1, 0.15) is 32.1 Å². The van der Waals surface area contributed by atoms with Crippen molar-refractivity contribution in [3.8, 4) is 0 Å². The zero-order valence-electron chi connectivity index (χ0n) is 7.63. The lowest BCUT2D eigenvalue weighted by atomic mass is 9.98. The van der Waals surface area contributed by atoms with E-state index in [0.29, 0.717) is 0 Å². The summed E-state index contributed by atoms with van der Waals surface area (Å²) in [7, 11) is 0. The van der Waals surface area contributed by atoms with E-state index in [-0.39, 0.29) is 0 Å². The van der Waals surface area contributed by atoms with Crippen molar-refractivity contribution in [1.29, 1.82) is 0 Å². The zero-order chi connectivity index (χ0) is 7.97. The molecule has 12 heavy (non-hydrogen) atoms. The van der Waals surface area contributed by atoms with Crippen molar-refractivity contribution < 1.29 is 0 Å². The maximum Gasteiger partial charge on any atom is 0.0351 e. The molecule has 68 valence electrons. The quantitative estimate of drug-likeness (QED) is 0.624. The summed E-state index contributed by atoms with van der Waals surface area (Å²) in [6, 6.07) is 2.84. The number of hydrogen-bond donors (Lipinski definition) is 1. The van der Waals surface area contributed by atoms with Crippen LogP contribution in [0.2, 0.25) is 0 Å². The van der Waals surface area contributed by atoms with Crippen LogP contribution >= 0.6 is 0 Å². The Labute approximate surface area is 74.3 Å². The predicted octanol–water partition coefficient (Wildman–Crippen LogP) is 0.975. The first-order chi connectivity index (χ1) is 5.95. The minimum absolute atomic E-state index is 0.905. The van der Waals surface area contributed by atoms with Crippen molar-refractivity contribution in [1.82, 2.24) is 10.2 Å². The average molecular weight is 166 g/mol. The molecule has 0 aliphatic carbocycles. The molecule has 0 saturated carbocycles. The molecule has 0 aromatic rings. The van der Waals surface area contributed by atoms with E-state index < -0.39 is 0 Å². The van der Waals surface area contributed by atoms with E-state index in [4.69, 9.17) is 0 Å². The summed E-state index contributed by atoms with van der Waals surface area (Å²) in [5, 5.41) is 3.39. The smallest absolute Gasteiger partial charge is 0.0351 e. The highest BCUT2D eigenvalue weighted by Gasteiger charge is 2.41. The molecule has 1 N–H and O–H groups in total. The summed E-state index contributed by atoms with van der Waals surface area (Å²) in [6.07, 6.45) is 7.42. The van der Waals surface area contributed by atoms with Crippen LogP contribution in [0.3, 0.4) is 0 Å². The lowest BCUT2D eigenvalue weighted by molar-refractivity contribution is 0.0580. The first-order valence-corrected chi connectivity index (χ1v) is 5.43. The average Bonchev–Trinajstić information content (AvgIpc) is 2.28. The number of hydrogen-bond acceptors (Lipinski definition) is 2. The van der Waals surface area contributed by atoms with Gasteiger partial charge in [-0.2, -0.15) is 0 Å². The second kappa shape index (κ2) is 2.71. The third-order valence-corrected chi connectivity index (χ3v) is 3.93. The van der Waals surface area contributed by atoms with Gasteiger partial charge >= 0.3 is 0 Å².